The second-order valence-corrected chi connectivity index (χ2v) is 7.90. The fourth-order valence-electron chi connectivity index (χ4n) is 3.21. The van der Waals surface area contributed by atoms with E-state index >= 15 is 0 Å². The van der Waals surface area contributed by atoms with Crippen LogP contribution in [0.3, 0.4) is 0 Å². The summed E-state index contributed by atoms with van der Waals surface area (Å²) >= 11 is 3.43. The summed E-state index contributed by atoms with van der Waals surface area (Å²) in [6, 6.07) is 7.68. The molecule has 6 heteroatoms. The molecule has 26 heavy (non-hydrogen) atoms. The van der Waals surface area contributed by atoms with Gasteiger partial charge in [0, 0.05) is 23.1 Å². The zero-order valence-corrected chi connectivity index (χ0v) is 17.4. The Morgan fingerprint density at radius 3 is 2.46 bits per heavy atom. The predicted molar refractivity (Wildman–Crippen MR) is 104 cm³/mol. The van der Waals surface area contributed by atoms with Crippen molar-refractivity contribution in [3.05, 3.63) is 46.0 Å². The molecule has 0 aromatic heterocycles. The van der Waals surface area contributed by atoms with Crippen molar-refractivity contribution in [2.75, 3.05) is 13.7 Å². The summed E-state index contributed by atoms with van der Waals surface area (Å²) in [5, 5.41) is 0. The Bertz CT molecular complexity index is 684. The molecule has 1 aromatic rings. The van der Waals surface area contributed by atoms with Gasteiger partial charge >= 0.3 is 6.09 Å². The molecule has 0 spiro atoms. The number of benzene rings is 1. The van der Waals surface area contributed by atoms with Gasteiger partial charge in [-0.1, -0.05) is 54.9 Å². The first-order valence-corrected chi connectivity index (χ1v) is 9.52. The summed E-state index contributed by atoms with van der Waals surface area (Å²) in [5.74, 6) is -0.199. The minimum absolute atomic E-state index is 0.0405. The largest absolute Gasteiger partial charge is 0.447 e. The summed E-state index contributed by atoms with van der Waals surface area (Å²) in [5.41, 5.74) is 1.54. The molecule has 1 fully saturated rings. The number of hydrogen-bond acceptors (Lipinski definition) is 4. The maximum absolute atomic E-state index is 12.8. The second-order valence-electron chi connectivity index (χ2n) is 6.98. The van der Waals surface area contributed by atoms with Crippen molar-refractivity contribution in [2.24, 2.45) is 11.8 Å². The van der Waals surface area contributed by atoms with Crippen LogP contribution in [0.15, 0.2) is 40.4 Å². The van der Waals surface area contributed by atoms with E-state index in [0.717, 1.165) is 10.0 Å². The zero-order valence-electron chi connectivity index (χ0n) is 15.9. The van der Waals surface area contributed by atoms with Crippen molar-refractivity contribution in [1.82, 2.24) is 4.90 Å². The fourth-order valence-corrected chi connectivity index (χ4v) is 3.47. The van der Waals surface area contributed by atoms with Gasteiger partial charge in [-0.05, 0) is 30.5 Å². The van der Waals surface area contributed by atoms with Crippen LogP contribution in [0.25, 0.3) is 0 Å². The summed E-state index contributed by atoms with van der Waals surface area (Å²) in [7, 11) is 1.65. The standard InChI is InChI=1S/C20H26BrNO4/c1-12(2)17-11-26-20(24)22(17)19(23)14(4)10-13(3)18(25-5)15-6-8-16(21)9-7-15/h6-10,12-13,17-18H,11H2,1-5H3/b14-10+/t13-,17+,18+/m0/s1. The molecule has 0 aliphatic carbocycles. The number of cyclic esters (lactones) is 1. The lowest BCUT2D eigenvalue weighted by Crippen LogP contribution is -2.42. The van der Waals surface area contributed by atoms with E-state index in [9.17, 15) is 9.59 Å². The number of halogens is 1. The molecular weight excluding hydrogens is 398 g/mol. The van der Waals surface area contributed by atoms with E-state index in [2.05, 4.69) is 15.9 Å². The van der Waals surface area contributed by atoms with E-state index in [4.69, 9.17) is 9.47 Å². The fraction of sp³-hybridized carbons (Fsp3) is 0.500. The monoisotopic (exact) mass is 423 g/mol. The van der Waals surface area contributed by atoms with E-state index in [1.54, 1.807) is 14.0 Å². The first-order chi connectivity index (χ1) is 12.3. The molecule has 1 aliphatic heterocycles. The molecular formula is C20H26BrNO4. The number of hydrogen-bond donors (Lipinski definition) is 0. The van der Waals surface area contributed by atoms with Crippen molar-refractivity contribution in [3.8, 4) is 0 Å². The van der Waals surface area contributed by atoms with E-state index in [0.29, 0.717) is 5.57 Å². The zero-order chi connectivity index (χ0) is 19.4. The van der Waals surface area contributed by atoms with Gasteiger partial charge in [0.2, 0.25) is 0 Å². The highest BCUT2D eigenvalue weighted by atomic mass is 79.9. The molecule has 1 saturated heterocycles. The van der Waals surface area contributed by atoms with Crippen LogP contribution >= 0.6 is 15.9 Å². The third-order valence-electron chi connectivity index (χ3n) is 4.67. The summed E-state index contributed by atoms with van der Waals surface area (Å²) in [6.45, 7) is 7.93. The van der Waals surface area contributed by atoms with E-state index in [-0.39, 0.29) is 36.5 Å². The van der Waals surface area contributed by atoms with E-state index in [1.165, 1.54) is 4.90 Å². The molecule has 5 nitrogen and oxygen atoms in total. The van der Waals surface area contributed by atoms with Gasteiger partial charge in [0.05, 0.1) is 12.1 Å². The van der Waals surface area contributed by atoms with Gasteiger partial charge in [0.1, 0.15) is 6.61 Å². The van der Waals surface area contributed by atoms with Crippen LogP contribution in [0.1, 0.15) is 39.4 Å². The van der Waals surface area contributed by atoms with Crippen LogP contribution < -0.4 is 0 Å². The smallest absolute Gasteiger partial charge is 0.417 e. The molecule has 1 aromatic carbocycles. The molecule has 142 valence electrons. The highest BCUT2D eigenvalue weighted by Gasteiger charge is 2.40. The van der Waals surface area contributed by atoms with Gasteiger partial charge < -0.3 is 9.47 Å². The molecule has 1 heterocycles. The Hall–Kier alpha value is -1.66. The van der Waals surface area contributed by atoms with Crippen LogP contribution in [-0.4, -0.2) is 36.7 Å². The number of methoxy groups -OCH3 is 1. The number of carbonyl (C=O) groups excluding carboxylic acids is 2. The van der Waals surface area contributed by atoms with Gasteiger partial charge in [-0.2, -0.15) is 0 Å². The van der Waals surface area contributed by atoms with Crippen LogP contribution in [0.5, 0.6) is 0 Å². The Morgan fingerprint density at radius 2 is 1.92 bits per heavy atom. The van der Waals surface area contributed by atoms with Crippen LogP contribution in [0, 0.1) is 11.8 Å². The molecule has 3 atom stereocenters. The van der Waals surface area contributed by atoms with E-state index < -0.39 is 6.09 Å². The Labute approximate surface area is 163 Å². The number of rotatable bonds is 6. The third-order valence-corrected chi connectivity index (χ3v) is 5.20. The van der Waals surface area contributed by atoms with Crippen molar-refractivity contribution in [2.45, 2.75) is 39.8 Å². The maximum Gasteiger partial charge on any atom is 0.417 e. The number of ether oxygens (including phenoxy) is 2. The molecule has 0 bridgehead atoms. The first kappa shape index (κ1) is 20.6. The van der Waals surface area contributed by atoms with Crippen LogP contribution in [-0.2, 0) is 14.3 Å². The Kier molecular flexibility index (Phi) is 7.01. The van der Waals surface area contributed by atoms with Gasteiger partial charge in [-0.3, -0.25) is 4.79 Å². The van der Waals surface area contributed by atoms with Crippen molar-refractivity contribution in [3.63, 3.8) is 0 Å². The normalized spacial score (nSPS) is 20.3. The first-order valence-electron chi connectivity index (χ1n) is 8.73. The molecule has 0 unspecified atom stereocenters. The molecule has 0 N–H and O–H groups in total. The number of carbonyl (C=O) groups is 2. The summed E-state index contributed by atoms with van der Waals surface area (Å²) in [4.78, 5) is 26.0. The average Bonchev–Trinajstić information content (AvgIpc) is 2.98. The highest BCUT2D eigenvalue weighted by Crippen LogP contribution is 2.29. The van der Waals surface area contributed by atoms with Gasteiger partial charge in [0.25, 0.3) is 5.91 Å². The molecule has 2 rings (SSSR count). The number of amides is 2. The minimum atomic E-state index is -0.565. The number of nitrogens with zero attached hydrogens (tertiary/aromatic N) is 1. The van der Waals surface area contributed by atoms with Gasteiger partial charge in [-0.15, -0.1) is 0 Å². The van der Waals surface area contributed by atoms with Gasteiger partial charge in [-0.25, -0.2) is 9.69 Å². The highest BCUT2D eigenvalue weighted by molar-refractivity contribution is 9.10. The Morgan fingerprint density at radius 1 is 1.31 bits per heavy atom. The topological polar surface area (TPSA) is 55.8 Å². The van der Waals surface area contributed by atoms with Crippen molar-refractivity contribution in [1.29, 1.82) is 0 Å². The second kappa shape index (κ2) is 8.82. The lowest BCUT2D eigenvalue weighted by atomic mass is 9.94. The van der Waals surface area contributed by atoms with Crippen molar-refractivity contribution >= 4 is 27.9 Å². The molecule has 1 aliphatic rings. The molecule has 0 saturated carbocycles. The maximum atomic E-state index is 12.8. The Balaban J connectivity index is 2.19. The quantitative estimate of drug-likeness (QED) is 0.620. The van der Waals surface area contributed by atoms with E-state index in [1.807, 2.05) is 51.1 Å². The lowest BCUT2D eigenvalue weighted by Gasteiger charge is -2.24. The predicted octanol–water partition coefficient (Wildman–Crippen LogP) is 4.72. The SMILES string of the molecule is CO[C@@H](c1ccc(Br)cc1)[C@@H](C)/C=C(\C)C(=O)N1C(=O)OC[C@@H]1C(C)C. The van der Waals surface area contributed by atoms with Crippen LogP contribution in [0.4, 0.5) is 4.79 Å². The molecule has 0 radical (unpaired) electrons. The van der Waals surface area contributed by atoms with Crippen molar-refractivity contribution < 1.29 is 19.1 Å². The minimum Gasteiger partial charge on any atom is -0.447 e. The lowest BCUT2D eigenvalue weighted by molar-refractivity contribution is -0.125. The number of imide groups is 1. The third kappa shape index (κ3) is 4.54. The average molecular weight is 424 g/mol. The van der Waals surface area contributed by atoms with Gasteiger partial charge in [0.15, 0.2) is 0 Å². The van der Waals surface area contributed by atoms with Crippen LogP contribution in [0.2, 0.25) is 0 Å². The molecule has 2 amide bonds. The summed E-state index contributed by atoms with van der Waals surface area (Å²) < 4.78 is 11.7. The summed E-state index contributed by atoms with van der Waals surface area (Å²) in [6.07, 6.45) is 1.12.